The lowest BCUT2D eigenvalue weighted by Gasteiger charge is -2.22. The van der Waals surface area contributed by atoms with Gasteiger partial charge in [-0.1, -0.05) is 42.9 Å². The average molecular weight is 412 g/mol. The highest BCUT2D eigenvalue weighted by atomic mass is 35.5. The first-order valence-electron chi connectivity index (χ1n) is 9.96. The van der Waals surface area contributed by atoms with E-state index in [4.69, 9.17) is 21.6 Å². The molecule has 1 fully saturated rings. The van der Waals surface area contributed by atoms with Gasteiger partial charge < -0.3 is 14.7 Å². The predicted octanol–water partition coefficient (Wildman–Crippen LogP) is 3.70. The van der Waals surface area contributed by atoms with Crippen LogP contribution in [-0.4, -0.2) is 50.6 Å². The van der Waals surface area contributed by atoms with Gasteiger partial charge in [0.25, 0.3) is 0 Å². The Morgan fingerprint density at radius 1 is 1.31 bits per heavy atom. The Morgan fingerprint density at radius 2 is 2.03 bits per heavy atom. The second-order valence-corrected chi connectivity index (χ2v) is 7.92. The van der Waals surface area contributed by atoms with Crippen LogP contribution in [0.2, 0.25) is 11.8 Å². The molecule has 2 atom stereocenters. The van der Waals surface area contributed by atoms with E-state index in [1.54, 1.807) is 13.2 Å². The van der Waals surface area contributed by atoms with Gasteiger partial charge in [0.2, 0.25) is 0 Å². The third-order valence-corrected chi connectivity index (χ3v) is 5.39. The molecule has 2 unspecified atom stereocenters. The molecule has 0 aromatic heterocycles. The van der Waals surface area contributed by atoms with Gasteiger partial charge in [0.1, 0.15) is 13.0 Å². The Hall–Kier alpha value is -2.00. The minimum Gasteiger partial charge on any atom is -0.497 e. The number of aliphatic hydroxyl groups is 1. The number of likely N-dealkylation sites (tertiary alicyclic amines) is 1. The van der Waals surface area contributed by atoms with E-state index in [9.17, 15) is 5.11 Å². The van der Waals surface area contributed by atoms with Crippen molar-refractivity contribution in [2.24, 2.45) is 5.92 Å². The number of ether oxygens (including phenoxy) is 1. The molecule has 1 aliphatic rings. The maximum absolute atomic E-state index is 9.61. The number of hydrogen-bond acceptors (Lipinski definition) is 4. The zero-order valence-corrected chi connectivity index (χ0v) is 18.2. The molecule has 0 saturated carbocycles. The van der Waals surface area contributed by atoms with Gasteiger partial charge in [0.15, 0.2) is 0 Å². The Kier molecular flexibility index (Phi) is 9.53. The molecular weight excluding hydrogens is 383 g/mol. The fraction of sp³-hybridized carbons (Fsp3) is 0.435. The second-order valence-electron chi connectivity index (χ2n) is 7.48. The van der Waals surface area contributed by atoms with E-state index in [0.717, 1.165) is 36.9 Å². The summed E-state index contributed by atoms with van der Waals surface area (Å²) in [5, 5.41) is 19.1. The van der Waals surface area contributed by atoms with Crippen molar-refractivity contribution in [1.29, 1.82) is 5.26 Å². The molecule has 1 heterocycles. The summed E-state index contributed by atoms with van der Waals surface area (Å²) >= 11 is 6.02. The lowest BCUT2D eigenvalue weighted by atomic mass is 9.73. The van der Waals surface area contributed by atoms with E-state index in [1.807, 2.05) is 43.2 Å². The molecule has 2 aromatic carbocycles. The van der Waals surface area contributed by atoms with Gasteiger partial charge in [-0.05, 0) is 54.8 Å². The number of methoxy groups -OCH3 is 1. The van der Waals surface area contributed by atoms with Crippen molar-refractivity contribution in [2.75, 3.05) is 33.4 Å². The first-order chi connectivity index (χ1) is 14.0. The van der Waals surface area contributed by atoms with E-state index in [2.05, 4.69) is 25.2 Å². The van der Waals surface area contributed by atoms with Crippen molar-refractivity contribution < 1.29 is 9.84 Å². The van der Waals surface area contributed by atoms with Crippen molar-refractivity contribution in [3.05, 3.63) is 58.6 Å². The summed E-state index contributed by atoms with van der Waals surface area (Å²) in [4.78, 5) is 2.37. The van der Waals surface area contributed by atoms with Crippen molar-refractivity contribution in [3.8, 4) is 11.8 Å². The summed E-state index contributed by atoms with van der Waals surface area (Å²) in [6.07, 6.45) is 1.22. The maximum atomic E-state index is 9.61. The minimum atomic E-state index is 0.0242. The SMILES string of the molecule is CC1CCN(CC(CO)c2cc(Cl)cc(C#N)c2)C1.C[B]c1ccc(OC)cc1. The number of benzene rings is 2. The molecule has 1 aliphatic heterocycles. The molecule has 6 heteroatoms. The lowest BCUT2D eigenvalue weighted by Crippen LogP contribution is -2.28. The van der Waals surface area contributed by atoms with Crippen molar-refractivity contribution in [1.82, 2.24) is 4.90 Å². The second kappa shape index (κ2) is 11.9. The molecule has 0 aliphatic carbocycles. The van der Waals surface area contributed by atoms with Gasteiger partial charge in [-0.15, -0.1) is 0 Å². The Bertz CT molecular complexity index is 785. The first-order valence-corrected chi connectivity index (χ1v) is 10.3. The lowest BCUT2D eigenvalue weighted by molar-refractivity contribution is 0.218. The summed E-state index contributed by atoms with van der Waals surface area (Å²) in [6.45, 7) is 7.34. The summed E-state index contributed by atoms with van der Waals surface area (Å²) < 4.78 is 5.00. The van der Waals surface area contributed by atoms with E-state index in [0.29, 0.717) is 10.6 Å². The largest absolute Gasteiger partial charge is 0.497 e. The van der Waals surface area contributed by atoms with Gasteiger partial charge in [-0.2, -0.15) is 5.26 Å². The van der Waals surface area contributed by atoms with E-state index in [-0.39, 0.29) is 12.5 Å². The molecule has 0 bridgehead atoms. The number of nitriles is 1. The molecule has 2 aromatic rings. The van der Waals surface area contributed by atoms with Crippen molar-refractivity contribution in [2.45, 2.75) is 26.1 Å². The molecule has 1 saturated heterocycles. The molecular formula is C23H29BClN2O2. The van der Waals surface area contributed by atoms with Gasteiger partial charge in [-0.3, -0.25) is 0 Å². The Labute approximate surface area is 180 Å². The van der Waals surface area contributed by atoms with Crippen LogP contribution in [0.5, 0.6) is 5.75 Å². The highest BCUT2D eigenvalue weighted by Crippen LogP contribution is 2.25. The van der Waals surface area contributed by atoms with Crippen LogP contribution in [0.25, 0.3) is 0 Å². The topological polar surface area (TPSA) is 56.5 Å². The van der Waals surface area contributed by atoms with Crippen LogP contribution in [0.4, 0.5) is 0 Å². The number of nitrogens with zero attached hydrogens (tertiary/aromatic N) is 2. The van der Waals surface area contributed by atoms with Crippen LogP contribution >= 0.6 is 11.6 Å². The van der Waals surface area contributed by atoms with Gasteiger partial charge in [0.05, 0.1) is 25.3 Å². The van der Waals surface area contributed by atoms with Crippen molar-refractivity contribution >= 4 is 24.3 Å². The highest BCUT2D eigenvalue weighted by Gasteiger charge is 2.22. The van der Waals surface area contributed by atoms with Gasteiger partial charge in [0, 0.05) is 24.0 Å². The molecule has 0 amide bonds. The van der Waals surface area contributed by atoms with Crippen molar-refractivity contribution in [3.63, 3.8) is 0 Å². The number of hydrogen-bond donors (Lipinski definition) is 1. The normalized spacial score (nSPS) is 17.0. The molecule has 3 rings (SSSR count). The predicted molar refractivity (Wildman–Crippen MR) is 120 cm³/mol. The molecule has 1 N–H and O–H groups in total. The number of aliphatic hydroxyl groups excluding tert-OH is 1. The fourth-order valence-corrected chi connectivity index (χ4v) is 3.72. The zero-order valence-electron chi connectivity index (χ0n) is 17.4. The standard InChI is InChI=1S/C15H19ClN2O.C8H10BO/c1-11-2-3-18(8-11)9-14(10-19)13-4-12(7-17)5-15(16)6-13;1-9-7-3-5-8(10-2)6-4-7/h4-6,11,14,19H,2-3,8-10H2,1H3;3-6H,1-2H3. The number of rotatable bonds is 6. The third-order valence-electron chi connectivity index (χ3n) is 5.18. The van der Waals surface area contributed by atoms with Gasteiger partial charge >= 0.3 is 0 Å². The fourth-order valence-electron chi connectivity index (χ4n) is 3.48. The molecule has 153 valence electrons. The maximum Gasteiger partial charge on any atom is 0.148 e. The Morgan fingerprint density at radius 3 is 2.55 bits per heavy atom. The van der Waals surface area contributed by atoms with Crippen LogP contribution < -0.4 is 10.2 Å². The monoisotopic (exact) mass is 411 g/mol. The van der Waals surface area contributed by atoms with Crippen LogP contribution in [0.3, 0.4) is 0 Å². The van der Waals surface area contributed by atoms with Crippen LogP contribution in [0, 0.1) is 17.2 Å². The van der Waals surface area contributed by atoms with E-state index < -0.39 is 0 Å². The summed E-state index contributed by atoms with van der Waals surface area (Å²) in [6, 6.07) is 15.4. The average Bonchev–Trinajstić information content (AvgIpc) is 3.16. The van der Waals surface area contributed by atoms with E-state index in [1.165, 1.54) is 11.9 Å². The van der Waals surface area contributed by atoms with E-state index >= 15 is 0 Å². The minimum absolute atomic E-state index is 0.0242. The molecule has 0 spiro atoms. The third kappa shape index (κ3) is 7.40. The summed E-state index contributed by atoms with van der Waals surface area (Å²) in [7, 11) is 3.73. The van der Waals surface area contributed by atoms with Crippen LogP contribution in [0.15, 0.2) is 42.5 Å². The van der Waals surface area contributed by atoms with Crippen LogP contribution in [-0.2, 0) is 0 Å². The molecule has 4 nitrogen and oxygen atoms in total. The Balaban J connectivity index is 0.000000253. The molecule has 29 heavy (non-hydrogen) atoms. The first kappa shape index (κ1) is 23.3. The van der Waals surface area contributed by atoms with Gasteiger partial charge in [-0.25, -0.2) is 0 Å². The smallest absolute Gasteiger partial charge is 0.148 e. The zero-order chi connectivity index (χ0) is 21.2. The highest BCUT2D eigenvalue weighted by molar-refractivity contribution is 6.51. The summed E-state index contributed by atoms with van der Waals surface area (Å²) in [5.74, 6) is 1.66. The van der Waals surface area contributed by atoms with Crippen LogP contribution in [0.1, 0.15) is 30.4 Å². The number of halogens is 1. The quantitative estimate of drug-likeness (QED) is 0.736. The molecule has 1 radical (unpaired) electrons. The summed E-state index contributed by atoms with van der Waals surface area (Å²) in [5.41, 5.74) is 2.72.